The van der Waals surface area contributed by atoms with Gasteiger partial charge in [0.25, 0.3) is 0 Å². The van der Waals surface area contributed by atoms with Crippen LogP contribution in [0.25, 0.3) is 0 Å². The number of carbonyl (C=O) groups is 1. The number of benzene rings is 2. The highest BCUT2D eigenvalue weighted by atomic mass is 32.2. The Labute approximate surface area is 148 Å². The van der Waals surface area contributed by atoms with Crippen molar-refractivity contribution in [1.29, 1.82) is 0 Å². The standard InChI is InChI=1S/C19H22N2O3S/c1-21(18-12-7-14-5-3-4-6-17(14)18)13-19(22)20-15-8-10-16(11-9-15)25(2,23)24/h3-6,8-11,18H,7,12-13H2,1-2H3,(H,20,22). The summed E-state index contributed by atoms with van der Waals surface area (Å²) in [5.41, 5.74) is 3.25. The number of likely N-dealkylation sites (N-methyl/N-ethyl adjacent to an activating group) is 1. The maximum atomic E-state index is 12.3. The summed E-state index contributed by atoms with van der Waals surface area (Å²) in [4.78, 5) is 14.6. The SMILES string of the molecule is CN(CC(=O)Nc1ccc(S(C)(=O)=O)cc1)C1CCc2ccccc21. The molecule has 0 saturated heterocycles. The van der Waals surface area contributed by atoms with E-state index in [1.807, 2.05) is 19.2 Å². The van der Waals surface area contributed by atoms with Gasteiger partial charge in [-0.2, -0.15) is 0 Å². The minimum Gasteiger partial charge on any atom is -0.325 e. The van der Waals surface area contributed by atoms with E-state index in [-0.39, 0.29) is 23.4 Å². The first-order valence-electron chi connectivity index (χ1n) is 8.22. The Bertz CT molecular complexity index is 876. The molecule has 1 unspecified atom stereocenters. The molecular weight excluding hydrogens is 336 g/mol. The third kappa shape index (κ3) is 4.08. The van der Waals surface area contributed by atoms with E-state index in [1.54, 1.807) is 12.1 Å². The summed E-state index contributed by atoms with van der Waals surface area (Å²) in [6, 6.07) is 14.8. The fourth-order valence-electron chi connectivity index (χ4n) is 3.32. The normalized spacial score (nSPS) is 16.7. The van der Waals surface area contributed by atoms with E-state index in [2.05, 4.69) is 22.3 Å². The van der Waals surface area contributed by atoms with Crippen LogP contribution in [0.1, 0.15) is 23.6 Å². The lowest BCUT2D eigenvalue weighted by molar-refractivity contribution is -0.117. The third-order valence-electron chi connectivity index (χ3n) is 4.59. The highest BCUT2D eigenvalue weighted by Gasteiger charge is 2.26. The van der Waals surface area contributed by atoms with E-state index in [1.165, 1.54) is 23.3 Å². The number of nitrogens with one attached hydrogen (secondary N) is 1. The average Bonchev–Trinajstić information content (AvgIpc) is 2.98. The van der Waals surface area contributed by atoms with E-state index in [0.717, 1.165) is 19.1 Å². The summed E-state index contributed by atoms with van der Waals surface area (Å²) >= 11 is 0. The van der Waals surface area contributed by atoms with Gasteiger partial charge < -0.3 is 5.32 Å². The summed E-state index contributed by atoms with van der Waals surface area (Å²) in [6.45, 7) is 0.285. The van der Waals surface area contributed by atoms with Crippen molar-refractivity contribution in [2.45, 2.75) is 23.8 Å². The molecule has 0 heterocycles. The van der Waals surface area contributed by atoms with E-state index in [0.29, 0.717) is 5.69 Å². The lowest BCUT2D eigenvalue weighted by Crippen LogP contribution is -2.32. The maximum Gasteiger partial charge on any atom is 0.238 e. The fraction of sp³-hybridized carbons (Fsp3) is 0.316. The molecule has 6 heteroatoms. The van der Waals surface area contributed by atoms with Crippen LogP contribution in [0.15, 0.2) is 53.4 Å². The number of hydrogen-bond donors (Lipinski definition) is 1. The Kier molecular flexibility index (Phi) is 4.92. The monoisotopic (exact) mass is 358 g/mol. The largest absolute Gasteiger partial charge is 0.325 e. The molecule has 5 nitrogen and oxygen atoms in total. The zero-order valence-corrected chi connectivity index (χ0v) is 15.2. The Balaban J connectivity index is 1.61. The van der Waals surface area contributed by atoms with Crippen molar-refractivity contribution >= 4 is 21.4 Å². The molecule has 3 rings (SSSR count). The van der Waals surface area contributed by atoms with Gasteiger partial charge in [0.2, 0.25) is 5.91 Å². The Morgan fingerprint density at radius 3 is 2.52 bits per heavy atom. The quantitative estimate of drug-likeness (QED) is 0.892. The molecule has 0 saturated carbocycles. The minimum atomic E-state index is -3.23. The molecule has 0 aliphatic heterocycles. The molecule has 25 heavy (non-hydrogen) atoms. The summed E-state index contributed by atoms with van der Waals surface area (Å²) < 4.78 is 22.9. The highest BCUT2D eigenvalue weighted by molar-refractivity contribution is 7.90. The second kappa shape index (κ2) is 6.98. The van der Waals surface area contributed by atoms with Gasteiger partial charge in [-0.3, -0.25) is 9.69 Å². The number of anilines is 1. The molecule has 0 aromatic heterocycles. The lowest BCUT2D eigenvalue weighted by Gasteiger charge is -2.24. The number of carbonyl (C=O) groups excluding carboxylic acids is 1. The third-order valence-corrected chi connectivity index (χ3v) is 5.72. The second-order valence-electron chi connectivity index (χ2n) is 6.51. The van der Waals surface area contributed by atoms with Crippen LogP contribution in [0.3, 0.4) is 0 Å². The Morgan fingerprint density at radius 2 is 1.84 bits per heavy atom. The van der Waals surface area contributed by atoms with Gasteiger partial charge in [0.05, 0.1) is 11.4 Å². The van der Waals surface area contributed by atoms with Gasteiger partial charge in [-0.25, -0.2) is 8.42 Å². The van der Waals surface area contributed by atoms with Crippen LogP contribution in [0.5, 0.6) is 0 Å². The van der Waals surface area contributed by atoms with Crippen molar-refractivity contribution in [1.82, 2.24) is 4.90 Å². The fourth-order valence-corrected chi connectivity index (χ4v) is 3.95. The van der Waals surface area contributed by atoms with Gasteiger partial charge in [0.1, 0.15) is 0 Å². The summed E-state index contributed by atoms with van der Waals surface area (Å²) in [7, 11) is -1.27. The van der Waals surface area contributed by atoms with Crippen molar-refractivity contribution < 1.29 is 13.2 Å². The lowest BCUT2D eigenvalue weighted by atomic mass is 10.1. The Morgan fingerprint density at radius 1 is 1.16 bits per heavy atom. The number of aryl methyl sites for hydroxylation is 1. The minimum absolute atomic E-state index is 0.112. The Hall–Kier alpha value is -2.18. The molecule has 1 N–H and O–H groups in total. The number of amides is 1. The number of rotatable bonds is 5. The van der Waals surface area contributed by atoms with Crippen molar-refractivity contribution in [2.24, 2.45) is 0 Å². The first-order valence-corrected chi connectivity index (χ1v) is 10.1. The molecule has 0 bridgehead atoms. The molecule has 0 fully saturated rings. The van der Waals surface area contributed by atoms with Crippen LogP contribution in [-0.2, 0) is 21.1 Å². The topological polar surface area (TPSA) is 66.5 Å². The van der Waals surface area contributed by atoms with Gasteiger partial charge in [-0.15, -0.1) is 0 Å². The van der Waals surface area contributed by atoms with Gasteiger partial charge in [0, 0.05) is 18.0 Å². The van der Waals surface area contributed by atoms with Crippen LogP contribution in [0.4, 0.5) is 5.69 Å². The number of sulfone groups is 1. The molecule has 2 aromatic carbocycles. The van der Waals surface area contributed by atoms with Crippen LogP contribution in [0, 0.1) is 0 Å². The summed E-state index contributed by atoms with van der Waals surface area (Å²) in [5, 5.41) is 2.82. The second-order valence-corrected chi connectivity index (χ2v) is 8.53. The smallest absolute Gasteiger partial charge is 0.238 e. The van der Waals surface area contributed by atoms with Crippen molar-refractivity contribution in [3.05, 3.63) is 59.7 Å². The average molecular weight is 358 g/mol. The maximum absolute atomic E-state index is 12.3. The van der Waals surface area contributed by atoms with Crippen molar-refractivity contribution in [3.63, 3.8) is 0 Å². The van der Waals surface area contributed by atoms with Crippen LogP contribution >= 0.6 is 0 Å². The summed E-state index contributed by atoms with van der Waals surface area (Å²) in [5.74, 6) is -0.112. The first-order chi connectivity index (χ1) is 11.8. The molecule has 0 spiro atoms. The van der Waals surface area contributed by atoms with Crippen LogP contribution < -0.4 is 5.32 Å². The molecule has 2 aromatic rings. The van der Waals surface area contributed by atoms with Crippen LogP contribution in [-0.4, -0.2) is 39.1 Å². The molecule has 1 aliphatic carbocycles. The molecule has 132 valence electrons. The first kappa shape index (κ1) is 17.6. The molecule has 1 aliphatic rings. The van der Waals surface area contributed by atoms with E-state index in [4.69, 9.17) is 0 Å². The van der Waals surface area contributed by atoms with Gasteiger partial charge in [-0.1, -0.05) is 24.3 Å². The van der Waals surface area contributed by atoms with Crippen molar-refractivity contribution in [2.75, 3.05) is 25.2 Å². The molecule has 1 atom stereocenters. The van der Waals surface area contributed by atoms with Crippen molar-refractivity contribution in [3.8, 4) is 0 Å². The van der Waals surface area contributed by atoms with E-state index in [9.17, 15) is 13.2 Å². The highest BCUT2D eigenvalue weighted by Crippen LogP contribution is 2.34. The zero-order chi connectivity index (χ0) is 18.0. The zero-order valence-electron chi connectivity index (χ0n) is 14.4. The molecular formula is C19H22N2O3S. The number of fused-ring (bicyclic) bond motifs is 1. The van der Waals surface area contributed by atoms with E-state index < -0.39 is 9.84 Å². The molecule has 1 amide bonds. The van der Waals surface area contributed by atoms with Gasteiger partial charge >= 0.3 is 0 Å². The van der Waals surface area contributed by atoms with E-state index >= 15 is 0 Å². The van der Waals surface area contributed by atoms with Crippen LogP contribution in [0.2, 0.25) is 0 Å². The summed E-state index contributed by atoms with van der Waals surface area (Å²) in [6.07, 6.45) is 3.22. The molecule has 0 radical (unpaired) electrons. The van der Waals surface area contributed by atoms with Gasteiger partial charge in [0.15, 0.2) is 9.84 Å². The predicted octanol–water partition coefficient (Wildman–Crippen LogP) is 2.65. The number of nitrogens with zero attached hydrogens (tertiary/aromatic N) is 1. The van der Waals surface area contributed by atoms with Gasteiger partial charge in [-0.05, 0) is 55.3 Å². The predicted molar refractivity (Wildman–Crippen MR) is 98.3 cm³/mol. The number of hydrogen-bond acceptors (Lipinski definition) is 4.